The van der Waals surface area contributed by atoms with Crippen LogP contribution < -0.4 is 5.32 Å². The van der Waals surface area contributed by atoms with E-state index in [1.807, 2.05) is 25.1 Å². The van der Waals surface area contributed by atoms with Crippen molar-refractivity contribution in [2.75, 3.05) is 20.3 Å². The third kappa shape index (κ3) is 4.95. The lowest BCUT2D eigenvalue weighted by Crippen LogP contribution is -2.28. The van der Waals surface area contributed by atoms with Crippen molar-refractivity contribution in [2.45, 2.75) is 19.8 Å². The number of nitrogens with zero attached hydrogens (tertiary/aromatic N) is 1. The molecule has 0 unspecified atom stereocenters. The number of hydrogen-bond acceptors (Lipinski definition) is 4. The molecule has 2 aromatic rings. The fourth-order valence-corrected chi connectivity index (χ4v) is 3.10. The van der Waals surface area contributed by atoms with Gasteiger partial charge >= 0.3 is 0 Å². The summed E-state index contributed by atoms with van der Waals surface area (Å²) in [7, 11) is 1.62. The van der Waals surface area contributed by atoms with Crippen molar-refractivity contribution >= 4 is 17.2 Å². The van der Waals surface area contributed by atoms with E-state index >= 15 is 0 Å². The number of thiazole rings is 1. The van der Waals surface area contributed by atoms with Crippen LogP contribution in [-0.2, 0) is 22.4 Å². The molecule has 0 radical (unpaired) electrons. The molecule has 1 aromatic carbocycles. The van der Waals surface area contributed by atoms with E-state index in [1.165, 1.54) is 5.56 Å². The average molecular weight is 304 g/mol. The Balaban J connectivity index is 1.94. The van der Waals surface area contributed by atoms with E-state index in [1.54, 1.807) is 18.4 Å². The molecule has 0 fully saturated rings. The van der Waals surface area contributed by atoms with E-state index in [0.29, 0.717) is 19.6 Å². The van der Waals surface area contributed by atoms with Crippen molar-refractivity contribution in [3.63, 3.8) is 0 Å². The monoisotopic (exact) mass is 304 g/mol. The summed E-state index contributed by atoms with van der Waals surface area (Å²) in [6, 6.07) is 10.2. The van der Waals surface area contributed by atoms with E-state index in [2.05, 4.69) is 22.4 Å². The second-order valence-electron chi connectivity index (χ2n) is 4.80. The van der Waals surface area contributed by atoms with E-state index in [-0.39, 0.29) is 5.91 Å². The highest BCUT2D eigenvalue weighted by molar-refractivity contribution is 7.11. The summed E-state index contributed by atoms with van der Waals surface area (Å²) < 4.78 is 4.91. The smallest absolute Gasteiger partial charge is 0.225 e. The molecule has 0 atom stereocenters. The summed E-state index contributed by atoms with van der Waals surface area (Å²) in [6.07, 6.45) is 1.21. The quantitative estimate of drug-likeness (QED) is 0.799. The number of benzene rings is 1. The van der Waals surface area contributed by atoms with Gasteiger partial charge in [0.1, 0.15) is 0 Å². The molecule has 2 rings (SSSR count). The predicted octanol–water partition coefficient (Wildman–Crippen LogP) is 2.35. The number of aromatic nitrogens is 1. The molecule has 1 N–H and O–H groups in total. The fourth-order valence-electron chi connectivity index (χ4n) is 2.00. The van der Waals surface area contributed by atoms with Gasteiger partial charge < -0.3 is 10.1 Å². The summed E-state index contributed by atoms with van der Waals surface area (Å²) in [4.78, 5) is 17.4. The molecular weight excluding hydrogens is 284 g/mol. The molecule has 4 nitrogen and oxygen atoms in total. The molecule has 0 aliphatic carbocycles. The molecule has 1 amide bonds. The minimum Gasteiger partial charge on any atom is -0.383 e. The molecule has 5 heteroatoms. The van der Waals surface area contributed by atoms with Crippen molar-refractivity contribution in [3.05, 3.63) is 51.5 Å². The number of aryl methyl sites for hydroxylation is 1. The van der Waals surface area contributed by atoms with E-state index < -0.39 is 0 Å². The highest BCUT2D eigenvalue weighted by Crippen LogP contribution is 2.21. The van der Waals surface area contributed by atoms with Crippen molar-refractivity contribution in [3.8, 4) is 0 Å². The van der Waals surface area contributed by atoms with Gasteiger partial charge in [-0.3, -0.25) is 4.79 Å². The Hall–Kier alpha value is -1.72. The standard InChI is InChI=1S/C16H20N2O2S/c1-12-14(11-15(19)17-8-9-20-2)21-16(18-12)10-13-6-4-3-5-7-13/h3-7H,8-11H2,1-2H3,(H,17,19). The van der Waals surface area contributed by atoms with E-state index in [9.17, 15) is 4.79 Å². The van der Waals surface area contributed by atoms with E-state index in [0.717, 1.165) is 22.0 Å². The normalized spacial score (nSPS) is 10.6. The zero-order valence-electron chi connectivity index (χ0n) is 12.4. The van der Waals surface area contributed by atoms with Gasteiger partial charge in [-0.2, -0.15) is 0 Å². The van der Waals surface area contributed by atoms with Gasteiger partial charge in [0.15, 0.2) is 0 Å². The molecule has 1 aromatic heterocycles. The second kappa shape index (κ2) is 7.90. The SMILES string of the molecule is COCCNC(=O)Cc1sc(Cc2ccccc2)nc1C. The third-order valence-electron chi connectivity index (χ3n) is 3.08. The van der Waals surface area contributed by atoms with Crippen LogP contribution in [0.15, 0.2) is 30.3 Å². The number of nitrogens with one attached hydrogen (secondary N) is 1. The van der Waals surface area contributed by atoms with Gasteiger partial charge in [-0.1, -0.05) is 30.3 Å². The zero-order valence-corrected chi connectivity index (χ0v) is 13.2. The van der Waals surface area contributed by atoms with Crippen LogP contribution >= 0.6 is 11.3 Å². The van der Waals surface area contributed by atoms with Gasteiger partial charge in [0.2, 0.25) is 5.91 Å². The minimum absolute atomic E-state index is 0.0186. The van der Waals surface area contributed by atoms with Crippen LogP contribution in [0.4, 0.5) is 0 Å². The number of hydrogen-bond donors (Lipinski definition) is 1. The number of methoxy groups -OCH3 is 1. The van der Waals surface area contributed by atoms with Crippen molar-refractivity contribution in [1.82, 2.24) is 10.3 Å². The predicted molar refractivity (Wildman–Crippen MR) is 84.7 cm³/mol. The summed E-state index contributed by atoms with van der Waals surface area (Å²) in [6.45, 7) is 3.04. The Bertz CT molecular complexity index is 581. The molecule has 0 aliphatic heterocycles. The first kappa shape index (κ1) is 15.7. The van der Waals surface area contributed by atoms with Gasteiger partial charge in [0, 0.05) is 25.0 Å². The lowest BCUT2D eigenvalue weighted by Gasteiger charge is -2.03. The highest BCUT2D eigenvalue weighted by atomic mass is 32.1. The van der Waals surface area contributed by atoms with Gasteiger partial charge in [-0.05, 0) is 12.5 Å². The van der Waals surface area contributed by atoms with Crippen LogP contribution in [0.1, 0.15) is 21.1 Å². The van der Waals surface area contributed by atoms with Crippen LogP contribution in [0.5, 0.6) is 0 Å². The Morgan fingerprint density at radius 2 is 2.10 bits per heavy atom. The van der Waals surface area contributed by atoms with Crippen molar-refractivity contribution in [2.24, 2.45) is 0 Å². The Morgan fingerprint density at radius 3 is 2.81 bits per heavy atom. The largest absolute Gasteiger partial charge is 0.383 e. The topological polar surface area (TPSA) is 51.2 Å². The van der Waals surface area contributed by atoms with Gasteiger partial charge in [-0.15, -0.1) is 11.3 Å². The number of carbonyl (C=O) groups excluding carboxylic acids is 1. The number of ether oxygens (including phenoxy) is 1. The summed E-state index contributed by atoms with van der Waals surface area (Å²) in [5.41, 5.74) is 2.19. The van der Waals surface area contributed by atoms with E-state index in [4.69, 9.17) is 4.74 Å². The van der Waals surface area contributed by atoms with Crippen LogP contribution in [0, 0.1) is 6.92 Å². The first-order valence-electron chi connectivity index (χ1n) is 6.93. The maximum Gasteiger partial charge on any atom is 0.225 e. The molecule has 0 saturated heterocycles. The first-order chi connectivity index (χ1) is 10.2. The summed E-state index contributed by atoms with van der Waals surface area (Å²) in [5.74, 6) is 0.0186. The minimum atomic E-state index is 0.0186. The second-order valence-corrected chi connectivity index (χ2v) is 5.97. The van der Waals surface area contributed by atoms with Crippen LogP contribution in [0.3, 0.4) is 0 Å². The van der Waals surface area contributed by atoms with Gasteiger partial charge in [0.25, 0.3) is 0 Å². The molecule has 0 spiro atoms. The maximum absolute atomic E-state index is 11.8. The Morgan fingerprint density at radius 1 is 1.33 bits per heavy atom. The van der Waals surface area contributed by atoms with Gasteiger partial charge in [0.05, 0.1) is 23.7 Å². The van der Waals surface area contributed by atoms with Crippen molar-refractivity contribution < 1.29 is 9.53 Å². The molecule has 0 saturated carbocycles. The molecule has 21 heavy (non-hydrogen) atoms. The van der Waals surface area contributed by atoms with Gasteiger partial charge in [-0.25, -0.2) is 4.98 Å². The summed E-state index contributed by atoms with van der Waals surface area (Å²) >= 11 is 1.62. The Kier molecular flexibility index (Phi) is 5.90. The maximum atomic E-state index is 11.8. The number of amides is 1. The molecule has 1 heterocycles. The summed E-state index contributed by atoms with van der Waals surface area (Å²) in [5, 5.41) is 3.89. The van der Waals surface area contributed by atoms with Crippen LogP contribution in [0.25, 0.3) is 0 Å². The fraction of sp³-hybridized carbons (Fsp3) is 0.375. The highest BCUT2D eigenvalue weighted by Gasteiger charge is 2.11. The average Bonchev–Trinajstić information content (AvgIpc) is 2.80. The van der Waals surface area contributed by atoms with Crippen LogP contribution in [0.2, 0.25) is 0 Å². The molecule has 0 bridgehead atoms. The molecular formula is C16H20N2O2S. The third-order valence-corrected chi connectivity index (χ3v) is 4.24. The number of carbonyl (C=O) groups is 1. The molecule has 112 valence electrons. The Labute approximate surface area is 129 Å². The first-order valence-corrected chi connectivity index (χ1v) is 7.75. The van der Waals surface area contributed by atoms with Crippen molar-refractivity contribution in [1.29, 1.82) is 0 Å². The lowest BCUT2D eigenvalue weighted by molar-refractivity contribution is -0.120. The van der Waals surface area contributed by atoms with Crippen LogP contribution in [-0.4, -0.2) is 31.2 Å². The number of rotatable bonds is 7. The zero-order chi connectivity index (χ0) is 15.1. The molecule has 0 aliphatic rings. The lowest BCUT2D eigenvalue weighted by atomic mass is 10.2.